The summed E-state index contributed by atoms with van der Waals surface area (Å²) in [5.41, 5.74) is 3.20. The van der Waals surface area contributed by atoms with Crippen molar-refractivity contribution >= 4 is 50.8 Å². The number of nitrogens with one attached hydrogen (secondary N) is 1. The maximum atomic E-state index is 13.8. The monoisotopic (exact) mass is 370 g/mol. The zero-order valence-electron chi connectivity index (χ0n) is 10.4. The number of benzene rings is 2. The second kappa shape index (κ2) is 4.98. The molecule has 3 rings (SSSR count). The number of H-pyrrole nitrogens is 1. The summed E-state index contributed by atoms with van der Waals surface area (Å²) in [7, 11) is 0. The van der Waals surface area contributed by atoms with Gasteiger partial charge in [0.1, 0.15) is 5.82 Å². The lowest BCUT2D eigenvalue weighted by atomic mass is 10.2. The Bertz CT molecular complexity index is 885. The molecule has 3 aromatic rings. The van der Waals surface area contributed by atoms with Crippen LogP contribution in [0.15, 0.2) is 34.8 Å². The minimum absolute atomic E-state index is 0.343. The zero-order valence-corrected chi connectivity index (χ0v) is 13.5. The molecule has 2 aromatic carbocycles. The standard InChI is InChI=1S/C14H9BrClFN2S/c1-7-2-3-9(16)12(4-7)19-13-6-10(17)8(15)5-11(13)18-14(19)20/h2-6H,1H3,(H,18,20). The molecular weight excluding hydrogens is 363 g/mol. The number of fused-ring (bicyclic) bond motifs is 1. The molecule has 0 aliphatic rings. The van der Waals surface area contributed by atoms with E-state index in [0.29, 0.717) is 19.8 Å². The maximum Gasteiger partial charge on any atom is 0.182 e. The lowest BCUT2D eigenvalue weighted by Gasteiger charge is -2.08. The van der Waals surface area contributed by atoms with E-state index in [9.17, 15) is 4.39 Å². The minimum atomic E-state index is -0.343. The Morgan fingerprint density at radius 3 is 2.80 bits per heavy atom. The average Bonchev–Trinajstić information content (AvgIpc) is 2.69. The first-order chi connectivity index (χ1) is 9.47. The number of nitrogens with zero attached hydrogens (tertiary/aromatic N) is 1. The summed E-state index contributed by atoms with van der Waals surface area (Å²) in [6.45, 7) is 1.97. The molecule has 0 radical (unpaired) electrons. The SMILES string of the molecule is Cc1ccc(Cl)c(-n2c(=S)[nH]c3cc(Br)c(F)cc32)c1. The second-order valence-electron chi connectivity index (χ2n) is 4.50. The lowest BCUT2D eigenvalue weighted by Crippen LogP contribution is -1.96. The second-order valence-corrected chi connectivity index (χ2v) is 6.15. The van der Waals surface area contributed by atoms with Gasteiger partial charge in [0, 0.05) is 6.07 Å². The number of hydrogen-bond donors (Lipinski definition) is 1. The van der Waals surface area contributed by atoms with E-state index in [2.05, 4.69) is 20.9 Å². The van der Waals surface area contributed by atoms with Crippen LogP contribution in [0.2, 0.25) is 5.02 Å². The first-order valence-corrected chi connectivity index (χ1v) is 7.41. The van der Waals surface area contributed by atoms with Crippen LogP contribution in [-0.2, 0) is 0 Å². The van der Waals surface area contributed by atoms with Gasteiger partial charge < -0.3 is 4.98 Å². The molecule has 0 saturated heterocycles. The molecule has 0 aliphatic carbocycles. The van der Waals surface area contributed by atoms with Crippen LogP contribution in [0.3, 0.4) is 0 Å². The third-order valence-electron chi connectivity index (χ3n) is 3.07. The number of aryl methyl sites for hydroxylation is 1. The van der Waals surface area contributed by atoms with Gasteiger partial charge >= 0.3 is 0 Å². The summed E-state index contributed by atoms with van der Waals surface area (Å²) >= 11 is 14.8. The summed E-state index contributed by atoms with van der Waals surface area (Å²) in [6, 6.07) is 8.75. The average molecular weight is 372 g/mol. The molecule has 0 aliphatic heterocycles. The van der Waals surface area contributed by atoms with E-state index in [4.69, 9.17) is 23.8 Å². The smallest absolute Gasteiger partial charge is 0.182 e. The fourth-order valence-corrected chi connectivity index (χ4v) is 2.99. The van der Waals surface area contributed by atoms with Gasteiger partial charge in [-0.1, -0.05) is 17.7 Å². The molecule has 2 nitrogen and oxygen atoms in total. The fourth-order valence-electron chi connectivity index (χ4n) is 2.14. The van der Waals surface area contributed by atoms with Crippen LogP contribution in [0.4, 0.5) is 4.39 Å². The molecule has 0 amide bonds. The summed E-state index contributed by atoms with van der Waals surface area (Å²) in [5.74, 6) is -0.343. The first kappa shape index (κ1) is 13.8. The Morgan fingerprint density at radius 2 is 2.05 bits per heavy atom. The zero-order chi connectivity index (χ0) is 14.4. The van der Waals surface area contributed by atoms with E-state index in [1.54, 1.807) is 10.6 Å². The molecule has 0 atom stereocenters. The summed E-state index contributed by atoms with van der Waals surface area (Å²) < 4.78 is 16.4. The molecule has 1 aromatic heterocycles. The molecule has 102 valence electrons. The lowest BCUT2D eigenvalue weighted by molar-refractivity contribution is 0.622. The van der Waals surface area contributed by atoms with Crippen molar-refractivity contribution in [3.8, 4) is 5.69 Å². The van der Waals surface area contributed by atoms with Gasteiger partial charge in [-0.05, 0) is 58.8 Å². The van der Waals surface area contributed by atoms with E-state index in [1.165, 1.54) is 6.07 Å². The minimum Gasteiger partial charge on any atom is -0.330 e. The van der Waals surface area contributed by atoms with E-state index in [0.717, 1.165) is 16.8 Å². The van der Waals surface area contributed by atoms with Crippen LogP contribution in [0.1, 0.15) is 5.56 Å². The number of aromatic nitrogens is 2. The number of halogens is 3. The quantitative estimate of drug-likeness (QED) is 0.556. The summed E-state index contributed by atoms with van der Waals surface area (Å²) in [4.78, 5) is 3.06. The van der Waals surface area contributed by atoms with Crippen molar-refractivity contribution in [3.05, 3.63) is 56.0 Å². The normalized spacial score (nSPS) is 11.2. The van der Waals surface area contributed by atoms with E-state index in [-0.39, 0.29) is 5.82 Å². The largest absolute Gasteiger partial charge is 0.330 e. The van der Waals surface area contributed by atoms with E-state index < -0.39 is 0 Å². The van der Waals surface area contributed by atoms with Crippen molar-refractivity contribution in [1.29, 1.82) is 0 Å². The number of rotatable bonds is 1. The van der Waals surface area contributed by atoms with Gasteiger partial charge in [-0.25, -0.2) is 4.39 Å². The molecule has 1 heterocycles. The molecule has 0 bridgehead atoms. The van der Waals surface area contributed by atoms with Gasteiger partial charge in [-0.15, -0.1) is 0 Å². The highest BCUT2D eigenvalue weighted by atomic mass is 79.9. The highest BCUT2D eigenvalue weighted by molar-refractivity contribution is 9.10. The predicted molar refractivity (Wildman–Crippen MR) is 85.9 cm³/mol. The van der Waals surface area contributed by atoms with Crippen LogP contribution >= 0.6 is 39.7 Å². The van der Waals surface area contributed by atoms with E-state index in [1.807, 2.05) is 25.1 Å². The van der Waals surface area contributed by atoms with Crippen LogP contribution < -0.4 is 0 Å². The summed E-state index contributed by atoms with van der Waals surface area (Å²) in [6.07, 6.45) is 0. The van der Waals surface area contributed by atoms with Crippen molar-refractivity contribution < 1.29 is 4.39 Å². The van der Waals surface area contributed by atoms with Crippen molar-refractivity contribution in [3.63, 3.8) is 0 Å². The van der Waals surface area contributed by atoms with Crippen LogP contribution in [0.5, 0.6) is 0 Å². The van der Waals surface area contributed by atoms with Crippen molar-refractivity contribution in [2.45, 2.75) is 6.92 Å². The van der Waals surface area contributed by atoms with Crippen LogP contribution in [0, 0.1) is 17.5 Å². The third-order valence-corrected chi connectivity index (χ3v) is 4.28. The molecule has 0 spiro atoms. The molecule has 0 fully saturated rings. The molecular formula is C14H9BrClFN2S. The highest BCUT2D eigenvalue weighted by Crippen LogP contribution is 2.29. The van der Waals surface area contributed by atoms with Crippen LogP contribution in [-0.4, -0.2) is 9.55 Å². The van der Waals surface area contributed by atoms with Gasteiger partial charge in [0.05, 0.1) is 26.2 Å². The number of imidazole rings is 1. The molecule has 20 heavy (non-hydrogen) atoms. The Hall–Kier alpha value is -1.17. The maximum absolute atomic E-state index is 13.8. The Morgan fingerprint density at radius 1 is 1.30 bits per heavy atom. The Labute approximate surface area is 133 Å². The third kappa shape index (κ3) is 2.20. The Balaban J connectivity index is 2.42. The number of aromatic amines is 1. The molecule has 0 unspecified atom stereocenters. The highest BCUT2D eigenvalue weighted by Gasteiger charge is 2.12. The van der Waals surface area contributed by atoms with Crippen LogP contribution in [0.25, 0.3) is 16.7 Å². The molecule has 0 saturated carbocycles. The van der Waals surface area contributed by atoms with Crippen molar-refractivity contribution in [1.82, 2.24) is 9.55 Å². The first-order valence-electron chi connectivity index (χ1n) is 5.83. The topological polar surface area (TPSA) is 20.7 Å². The van der Waals surface area contributed by atoms with Gasteiger partial charge in [0.25, 0.3) is 0 Å². The molecule has 1 N–H and O–H groups in total. The van der Waals surface area contributed by atoms with Gasteiger partial charge in [0.2, 0.25) is 0 Å². The predicted octanol–water partition coefficient (Wildman–Crippen LogP) is 5.55. The summed E-state index contributed by atoms with van der Waals surface area (Å²) in [5, 5.41) is 0.566. The Kier molecular flexibility index (Phi) is 3.44. The number of hydrogen-bond acceptors (Lipinski definition) is 1. The van der Waals surface area contributed by atoms with Gasteiger partial charge in [-0.3, -0.25) is 4.57 Å². The van der Waals surface area contributed by atoms with Crippen molar-refractivity contribution in [2.24, 2.45) is 0 Å². The van der Waals surface area contributed by atoms with E-state index >= 15 is 0 Å². The molecule has 6 heteroatoms. The van der Waals surface area contributed by atoms with Crippen molar-refractivity contribution in [2.75, 3.05) is 0 Å². The van der Waals surface area contributed by atoms with Gasteiger partial charge in [0.15, 0.2) is 4.77 Å². The van der Waals surface area contributed by atoms with Gasteiger partial charge in [-0.2, -0.15) is 0 Å². The fraction of sp³-hybridized carbons (Fsp3) is 0.0714.